The molecule has 2 aromatic rings. The first-order valence-electron chi connectivity index (χ1n) is 8.08. The van der Waals surface area contributed by atoms with Gasteiger partial charge in [-0.1, -0.05) is 19.1 Å². The molecule has 0 aliphatic carbocycles. The van der Waals surface area contributed by atoms with Crippen LogP contribution in [-0.2, 0) is 30.8 Å². The van der Waals surface area contributed by atoms with Crippen molar-refractivity contribution in [2.75, 3.05) is 18.5 Å². The molecule has 0 radical (unpaired) electrons. The van der Waals surface area contributed by atoms with E-state index in [4.69, 9.17) is 14.6 Å². The molecule has 2 aromatic carbocycles. The number of nitrogens with two attached hydrogens (primary N) is 1. The Labute approximate surface area is 157 Å². The topological polar surface area (TPSA) is 125 Å². The second kappa shape index (κ2) is 9.15. The summed E-state index contributed by atoms with van der Waals surface area (Å²) in [6.07, 6.45) is 0.905. The van der Waals surface area contributed by atoms with E-state index in [9.17, 15) is 18.0 Å². The highest BCUT2D eigenvalue weighted by Gasteiger charge is 2.10. The molecule has 0 atom stereocenters. The Kier molecular flexibility index (Phi) is 6.91. The number of anilines is 1. The van der Waals surface area contributed by atoms with Crippen LogP contribution in [0, 0.1) is 0 Å². The van der Waals surface area contributed by atoms with E-state index in [2.05, 4.69) is 5.32 Å². The quantitative estimate of drug-likeness (QED) is 0.655. The van der Waals surface area contributed by atoms with Gasteiger partial charge < -0.3 is 14.8 Å². The zero-order valence-electron chi connectivity index (χ0n) is 14.7. The monoisotopic (exact) mass is 392 g/mol. The van der Waals surface area contributed by atoms with Crippen LogP contribution in [0.1, 0.15) is 12.5 Å². The lowest BCUT2D eigenvalue weighted by Crippen LogP contribution is -2.23. The molecule has 0 fully saturated rings. The predicted molar refractivity (Wildman–Crippen MR) is 98.7 cm³/mol. The van der Waals surface area contributed by atoms with Crippen molar-refractivity contribution >= 4 is 27.6 Å². The first-order valence-corrected chi connectivity index (χ1v) is 9.62. The molecule has 0 aromatic heterocycles. The van der Waals surface area contributed by atoms with E-state index in [0.29, 0.717) is 11.4 Å². The summed E-state index contributed by atoms with van der Waals surface area (Å²) < 4.78 is 32.4. The van der Waals surface area contributed by atoms with Gasteiger partial charge in [0.25, 0.3) is 5.91 Å². The fourth-order valence-electron chi connectivity index (χ4n) is 2.08. The van der Waals surface area contributed by atoms with Crippen LogP contribution in [0.3, 0.4) is 0 Å². The molecule has 9 heteroatoms. The lowest BCUT2D eigenvalue weighted by molar-refractivity contribution is -0.149. The van der Waals surface area contributed by atoms with Crippen LogP contribution in [-0.4, -0.2) is 33.5 Å². The average molecular weight is 392 g/mol. The first-order chi connectivity index (χ1) is 12.8. The summed E-state index contributed by atoms with van der Waals surface area (Å²) in [7, 11) is -3.80. The molecular weight excluding hydrogens is 372 g/mol. The number of ether oxygens (including phenoxy) is 2. The average Bonchev–Trinajstić information content (AvgIpc) is 2.65. The minimum atomic E-state index is -3.80. The summed E-state index contributed by atoms with van der Waals surface area (Å²) in [6.45, 7) is 1.22. The molecule has 0 aliphatic heterocycles. The maximum Gasteiger partial charge on any atom is 0.344 e. The number of carbonyl (C=O) groups excluding carboxylic acids is 2. The van der Waals surface area contributed by atoms with E-state index in [1.807, 2.05) is 19.1 Å². The van der Waals surface area contributed by atoms with Crippen LogP contribution in [0.15, 0.2) is 53.4 Å². The Morgan fingerprint density at radius 3 is 2.19 bits per heavy atom. The molecule has 0 aliphatic rings. The molecule has 0 heterocycles. The van der Waals surface area contributed by atoms with Crippen molar-refractivity contribution in [2.24, 2.45) is 5.14 Å². The van der Waals surface area contributed by atoms with Crippen molar-refractivity contribution in [3.8, 4) is 5.75 Å². The van der Waals surface area contributed by atoms with Crippen LogP contribution in [0.4, 0.5) is 5.69 Å². The van der Waals surface area contributed by atoms with Gasteiger partial charge in [0.15, 0.2) is 13.2 Å². The van der Waals surface area contributed by atoms with Gasteiger partial charge in [0, 0.05) is 5.69 Å². The molecule has 2 rings (SSSR count). The van der Waals surface area contributed by atoms with Gasteiger partial charge in [-0.05, 0) is 48.4 Å². The van der Waals surface area contributed by atoms with Crippen LogP contribution < -0.4 is 15.2 Å². The number of aryl methyl sites for hydroxylation is 1. The van der Waals surface area contributed by atoms with Gasteiger partial charge >= 0.3 is 5.97 Å². The van der Waals surface area contributed by atoms with Crippen molar-refractivity contribution in [3.63, 3.8) is 0 Å². The number of esters is 1. The lowest BCUT2D eigenvalue weighted by Gasteiger charge is -2.08. The second-order valence-corrected chi connectivity index (χ2v) is 7.13. The molecule has 0 saturated heterocycles. The number of rotatable bonds is 8. The van der Waals surface area contributed by atoms with Gasteiger partial charge in [-0.2, -0.15) is 0 Å². The maximum atomic E-state index is 11.8. The Hall–Kier alpha value is -2.91. The standard InChI is InChI=1S/C18H20N2O6S/c1-2-13-3-7-15(8-4-13)25-12-18(22)26-11-17(21)20-14-5-9-16(10-6-14)27(19,23)24/h3-10H,2,11-12H2,1H3,(H,20,21)(H2,19,23,24). The van der Waals surface area contributed by atoms with E-state index in [1.54, 1.807) is 12.1 Å². The van der Waals surface area contributed by atoms with Gasteiger partial charge in [-0.15, -0.1) is 0 Å². The SMILES string of the molecule is CCc1ccc(OCC(=O)OCC(=O)Nc2ccc(S(N)(=O)=O)cc2)cc1. The Morgan fingerprint density at radius 1 is 1.00 bits per heavy atom. The number of primary sulfonamides is 1. The van der Waals surface area contributed by atoms with E-state index in [1.165, 1.54) is 24.3 Å². The summed E-state index contributed by atoms with van der Waals surface area (Å²) in [5.41, 5.74) is 1.49. The highest BCUT2D eigenvalue weighted by molar-refractivity contribution is 7.89. The van der Waals surface area contributed by atoms with E-state index < -0.39 is 28.5 Å². The fourth-order valence-corrected chi connectivity index (χ4v) is 2.59. The molecular formula is C18H20N2O6S. The molecule has 0 bridgehead atoms. The number of hydrogen-bond acceptors (Lipinski definition) is 6. The van der Waals surface area contributed by atoms with Crippen molar-refractivity contribution in [1.29, 1.82) is 0 Å². The number of sulfonamides is 1. The molecule has 0 unspecified atom stereocenters. The van der Waals surface area contributed by atoms with Crippen molar-refractivity contribution < 1.29 is 27.5 Å². The van der Waals surface area contributed by atoms with Gasteiger partial charge in [-0.25, -0.2) is 18.4 Å². The second-order valence-electron chi connectivity index (χ2n) is 5.56. The summed E-state index contributed by atoms with van der Waals surface area (Å²) >= 11 is 0. The molecule has 144 valence electrons. The third-order valence-electron chi connectivity index (χ3n) is 3.52. The zero-order valence-corrected chi connectivity index (χ0v) is 15.5. The van der Waals surface area contributed by atoms with Crippen LogP contribution >= 0.6 is 0 Å². The normalized spacial score (nSPS) is 10.9. The third-order valence-corrected chi connectivity index (χ3v) is 4.45. The summed E-state index contributed by atoms with van der Waals surface area (Å²) in [4.78, 5) is 23.3. The smallest absolute Gasteiger partial charge is 0.344 e. The minimum absolute atomic E-state index is 0.0731. The highest BCUT2D eigenvalue weighted by Crippen LogP contribution is 2.13. The van der Waals surface area contributed by atoms with Crippen LogP contribution in [0.5, 0.6) is 5.75 Å². The highest BCUT2D eigenvalue weighted by atomic mass is 32.2. The lowest BCUT2D eigenvalue weighted by atomic mass is 10.2. The Morgan fingerprint density at radius 2 is 1.63 bits per heavy atom. The summed E-state index contributed by atoms with van der Waals surface area (Å²) in [5.74, 6) is -0.725. The van der Waals surface area contributed by atoms with Crippen molar-refractivity contribution in [1.82, 2.24) is 0 Å². The number of nitrogens with one attached hydrogen (secondary N) is 1. The molecule has 0 saturated carbocycles. The molecule has 3 N–H and O–H groups in total. The van der Waals surface area contributed by atoms with Crippen LogP contribution in [0.25, 0.3) is 0 Å². The van der Waals surface area contributed by atoms with E-state index in [0.717, 1.165) is 12.0 Å². The van der Waals surface area contributed by atoms with Gasteiger partial charge in [-0.3, -0.25) is 4.79 Å². The van der Waals surface area contributed by atoms with Gasteiger partial charge in [0.2, 0.25) is 10.0 Å². The predicted octanol–water partition coefficient (Wildman–Crippen LogP) is 1.46. The summed E-state index contributed by atoms with van der Waals surface area (Å²) in [6, 6.07) is 12.6. The number of benzene rings is 2. The molecule has 8 nitrogen and oxygen atoms in total. The Balaban J connectivity index is 1.75. The largest absolute Gasteiger partial charge is 0.482 e. The van der Waals surface area contributed by atoms with Gasteiger partial charge in [0.1, 0.15) is 5.75 Å². The molecule has 27 heavy (non-hydrogen) atoms. The van der Waals surface area contributed by atoms with Crippen molar-refractivity contribution in [2.45, 2.75) is 18.2 Å². The first kappa shape index (κ1) is 20.4. The maximum absolute atomic E-state index is 11.8. The van der Waals surface area contributed by atoms with Gasteiger partial charge in [0.05, 0.1) is 4.90 Å². The minimum Gasteiger partial charge on any atom is -0.482 e. The molecule has 1 amide bonds. The van der Waals surface area contributed by atoms with E-state index in [-0.39, 0.29) is 11.5 Å². The number of hydrogen-bond donors (Lipinski definition) is 2. The van der Waals surface area contributed by atoms with Crippen molar-refractivity contribution in [3.05, 3.63) is 54.1 Å². The van der Waals surface area contributed by atoms with Crippen LogP contribution in [0.2, 0.25) is 0 Å². The van der Waals surface area contributed by atoms with E-state index >= 15 is 0 Å². The number of amides is 1. The zero-order chi connectivity index (χ0) is 19.9. The third kappa shape index (κ3) is 6.72. The Bertz CT molecular complexity index is 892. The number of carbonyl (C=O) groups is 2. The molecule has 0 spiro atoms. The fraction of sp³-hybridized carbons (Fsp3) is 0.222. The summed E-state index contributed by atoms with van der Waals surface area (Å²) in [5, 5.41) is 7.46.